The second-order valence-corrected chi connectivity index (χ2v) is 10.6. The Balaban J connectivity index is 1.33. The van der Waals surface area contributed by atoms with Crippen LogP contribution in [0.5, 0.6) is 0 Å². The predicted octanol–water partition coefficient (Wildman–Crippen LogP) is 6.61. The average molecular weight is 593 g/mol. The van der Waals surface area contributed by atoms with E-state index in [0.717, 1.165) is 44.6 Å². The third-order valence-electron chi connectivity index (χ3n) is 6.90. The molecule has 0 radical (unpaired) electrons. The number of carbonyl (C=O) groups is 2. The zero-order valence-corrected chi connectivity index (χ0v) is 24.9. The highest BCUT2D eigenvalue weighted by Crippen LogP contribution is 2.32. The van der Waals surface area contributed by atoms with Crippen LogP contribution in [0, 0.1) is 0 Å². The van der Waals surface area contributed by atoms with Gasteiger partial charge in [0.1, 0.15) is 24.9 Å². The van der Waals surface area contributed by atoms with Crippen LogP contribution in [0.25, 0.3) is 44.8 Å². The molecule has 0 spiro atoms. The summed E-state index contributed by atoms with van der Waals surface area (Å²) >= 11 is 0. The van der Waals surface area contributed by atoms with Gasteiger partial charge in [-0.1, -0.05) is 49.6 Å². The van der Waals surface area contributed by atoms with Crippen molar-refractivity contribution in [2.24, 2.45) is 0 Å². The topological polar surface area (TPSA) is 134 Å². The number of rotatable bonds is 14. The molecule has 44 heavy (non-hydrogen) atoms. The van der Waals surface area contributed by atoms with Crippen LogP contribution in [-0.2, 0) is 19.1 Å². The summed E-state index contributed by atoms with van der Waals surface area (Å²) in [6, 6.07) is 19.5. The Kier molecular flexibility index (Phi) is 9.39. The molecule has 10 nitrogen and oxygen atoms in total. The number of ether oxygens (including phenoxy) is 2. The van der Waals surface area contributed by atoms with Crippen LogP contribution in [0.2, 0.25) is 0 Å². The maximum atomic E-state index is 11.9. The number of nitrogens with one attached hydrogen (secondary N) is 4. The van der Waals surface area contributed by atoms with Gasteiger partial charge in [-0.2, -0.15) is 0 Å². The molecule has 0 aliphatic carbocycles. The van der Waals surface area contributed by atoms with Gasteiger partial charge in [0.05, 0.1) is 34.9 Å². The lowest BCUT2D eigenvalue weighted by Gasteiger charge is -2.14. The predicted molar refractivity (Wildman–Crippen MR) is 174 cm³/mol. The van der Waals surface area contributed by atoms with Crippen molar-refractivity contribution in [2.45, 2.75) is 38.8 Å². The number of aromatic amines is 2. The number of hydrogen-bond donors (Lipinski definition) is 4. The van der Waals surface area contributed by atoms with E-state index in [1.165, 1.54) is 0 Å². The molecule has 0 saturated carbocycles. The van der Waals surface area contributed by atoms with E-state index in [1.54, 1.807) is 12.2 Å². The van der Waals surface area contributed by atoms with E-state index in [1.807, 2.05) is 74.5 Å². The van der Waals surface area contributed by atoms with Crippen LogP contribution < -0.4 is 10.6 Å². The van der Waals surface area contributed by atoms with Gasteiger partial charge in [0.25, 0.3) is 0 Å². The molecule has 3 aromatic carbocycles. The van der Waals surface area contributed by atoms with E-state index in [9.17, 15) is 9.59 Å². The number of esters is 2. The van der Waals surface area contributed by atoms with E-state index in [0.29, 0.717) is 11.6 Å². The van der Waals surface area contributed by atoms with Crippen molar-refractivity contribution in [1.29, 1.82) is 0 Å². The minimum atomic E-state index is -0.277. The normalized spacial score (nSPS) is 12.4. The zero-order valence-electron chi connectivity index (χ0n) is 24.9. The van der Waals surface area contributed by atoms with E-state index < -0.39 is 0 Å². The van der Waals surface area contributed by atoms with Crippen molar-refractivity contribution in [1.82, 2.24) is 19.9 Å². The van der Waals surface area contributed by atoms with Crippen LogP contribution in [0.1, 0.15) is 26.7 Å². The lowest BCUT2D eigenvalue weighted by molar-refractivity contribution is -0.143. The number of anilines is 2. The van der Waals surface area contributed by atoms with Crippen LogP contribution in [-0.4, -0.2) is 57.2 Å². The minimum absolute atomic E-state index is 0.112. The van der Waals surface area contributed by atoms with Crippen molar-refractivity contribution < 1.29 is 19.1 Å². The fourth-order valence-electron chi connectivity index (χ4n) is 4.94. The van der Waals surface area contributed by atoms with Gasteiger partial charge in [-0.3, -0.25) is 9.59 Å². The Morgan fingerprint density at radius 1 is 0.750 bits per heavy atom. The first-order valence-electron chi connectivity index (χ1n) is 14.5. The molecule has 0 aliphatic heterocycles. The van der Waals surface area contributed by atoms with Gasteiger partial charge in [0.2, 0.25) is 0 Å². The maximum absolute atomic E-state index is 11.9. The van der Waals surface area contributed by atoms with E-state index in [4.69, 9.17) is 19.4 Å². The largest absolute Gasteiger partial charge is 0.461 e. The summed E-state index contributed by atoms with van der Waals surface area (Å²) < 4.78 is 10.2. The molecule has 5 rings (SSSR count). The maximum Gasteiger partial charge on any atom is 0.308 e. The molecule has 2 aromatic heterocycles. The number of imidazole rings is 2. The van der Waals surface area contributed by atoms with Gasteiger partial charge < -0.3 is 30.1 Å². The van der Waals surface area contributed by atoms with E-state index >= 15 is 0 Å². The average Bonchev–Trinajstić information content (AvgIpc) is 3.62. The molecule has 0 fully saturated rings. The monoisotopic (exact) mass is 592 g/mol. The molecule has 0 saturated heterocycles. The number of carbonyl (C=O) groups excluding carboxylic acids is 2. The van der Waals surface area contributed by atoms with Crippen LogP contribution in [0.15, 0.2) is 86.0 Å². The van der Waals surface area contributed by atoms with Crippen LogP contribution in [0.3, 0.4) is 0 Å². The number of hydrogen-bond acceptors (Lipinski definition) is 8. The molecule has 4 N–H and O–H groups in total. The highest BCUT2D eigenvalue weighted by atomic mass is 16.5. The Bertz CT molecular complexity index is 1680. The molecular weight excluding hydrogens is 556 g/mol. The SMILES string of the molecule is C=CCOC(=O)CC(C)Nc1ccc2nc(-c3ccccc3-c3nc4ccc(NC(C)CC(=O)OCC=C)cc4[nH]3)[nH]c2c1. The molecular formula is C34H36N6O4. The number of fused-ring (bicyclic) bond motifs is 2. The van der Waals surface area contributed by atoms with Crippen molar-refractivity contribution in [3.05, 3.63) is 86.0 Å². The molecule has 5 aromatic rings. The third-order valence-corrected chi connectivity index (χ3v) is 6.90. The smallest absolute Gasteiger partial charge is 0.308 e. The van der Waals surface area contributed by atoms with Gasteiger partial charge in [-0.15, -0.1) is 0 Å². The van der Waals surface area contributed by atoms with E-state index in [-0.39, 0.29) is 50.1 Å². The van der Waals surface area contributed by atoms with Gasteiger partial charge in [0.15, 0.2) is 0 Å². The molecule has 10 heteroatoms. The summed E-state index contributed by atoms with van der Waals surface area (Å²) in [6.45, 7) is 11.4. The fraction of sp³-hybridized carbons (Fsp3) is 0.235. The summed E-state index contributed by atoms with van der Waals surface area (Å²) in [6.07, 6.45) is 3.59. The number of nitrogens with zero attached hydrogens (tertiary/aromatic N) is 2. The summed E-state index contributed by atoms with van der Waals surface area (Å²) in [5.74, 6) is 0.878. The Labute approximate surface area is 255 Å². The summed E-state index contributed by atoms with van der Waals surface area (Å²) in [4.78, 5) is 40.5. The highest BCUT2D eigenvalue weighted by molar-refractivity contribution is 5.89. The molecule has 2 heterocycles. The Morgan fingerprint density at radius 3 is 1.59 bits per heavy atom. The number of benzene rings is 3. The second-order valence-electron chi connectivity index (χ2n) is 10.6. The summed E-state index contributed by atoms with van der Waals surface area (Å²) in [5, 5.41) is 6.71. The second kappa shape index (κ2) is 13.7. The molecule has 2 atom stereocenters. The lowest BCUT2D eigenvalue weighted by atomic mass is 10.1. The quantitative estimate of drug-likeness (QED) is 0.0836. The number of H-pyrrole nitrogens is 2. The van der Waals surface area contributed by atoms with Crippen LogP contribution >= 0.6 is 0 Å². The van der Waals surface area contributed by atoms with Gasteiger partial charge >= 0.3 is 11.9 Å². The summed E-state index contributed by atoms with van der Waals surface area (Å²) in [7, 11) is 0. The zero-order chi connectivity index (χ0) is 31.1. The molecule has 0 amide bonds. The van der Waals surface area contributed by atoms with Crippen molar-refractivity contribution in [3.8, 4) is 22.8 Å². The van der Waals surface area contributed by atoms with Gasteiger partial charge in [-0.25, -0.2) is 9.97 Å². The van der Waals surface area contributed by atoms with Crippen LogP contribution in [0.4, 0.5) is 11.4 Å². The lowest BCUT2D eigenvalue weighted by Crippen LogP contribution is -2.21. The molecule has 0 bridgehead atoms. The first kappa shape index (κ1) is 30.1. The minimum Gasteiger partial charge on any atom is -0.461 e. The number of aromatic nitrogens is 4. The Morgan fingerprint density at radius 2 is 1.18 bits per heavy atom. The third kappa shape index (κ3) is 7.33. The van der Waals surface area contributed by atoms with Gasteiger partial charge in [-0.05, 0) is 50.2 Å². The van der Waals surface area contributed by atoms with Crippen molar-refractivity contribution in [3.63, 3.8) is 0 Å². The van der Waals surface area contributed by atoms with E-state index in [2.05, 4.69) is 33.8 Å². The van der Waals surface area contributed by atoms with Crippen molar-refractivity contribution in [2.75, 3.05) is 23.8 Å². The van der Waals surface area contributed by atoms with Crippen molar-refractivity contribution >= 4 is 45.4 Å². The molecule has 226 valence electrons. The standard InChI is InChI=1S/C34H36N6O4/c1-5-15-43-31(41)17-21(3)35-23-11-13-27-29(19-23)39-33(37-27)25-9-7-8-10-26(25)34-38-28-14-12-24(20-30(28)40-34)36-22(4)18-32(42)44-16-6-2/h5-14,19-22,35-36H,1-2,15-18H2,3-4H3,(H,37,39)(H,38,40). The first-order chi connectivity index (χ1) is 21.3. The highest BCUT2D eigenvalue weighted by Gasteiger charge is 2.16. The molecule has 0 aliphatic rings. The molecule has 2 unspecified atom stereocenters. The first-order valence-corrected chi connectivity index (χ1v) is 14.5. The fourth-order valence-corrected chi connectivity index (χ4v) is 4.94. The van der Waals surface area contributed by atoms with Gasteiger partial charge in [0, 0.05) is 34.6 Å². The Hall–Kier alpha value is -5.38. The summed E-state index contributed by atoms with van der Waals surface area (Å²) in [5.41, 5.74) is 6.92.